The number of nitrogens with two attached hydrogens (primary N) is 1. The lowest BCUT2D eigenvalue weighted by atomic mass is 10.1. The lowest BCUT2D eigenvalue weighted by molar-refractivity contribution is -0.137. The minimum Gasteiger partial charge on any atom is -0.457 e. The first-order valence-electron chi connectivity index (χ1n) is 6.24. The van der Waals surface area contributed by atoms with E-state index in [2.05, 4.69) is 0 Å². The van der Waals surface area contributed by atoms with Crippen LogP contribution in [0.25, 0.3) is 0 Å². The van der Waals surface area contributed by atoms with Gasteiger partial charge in [0, 0.05) is 10.7 Å². The molecular weight excluding hydrogens is 303 g/mol. The Morgan fingerprint density at radius 2 is 1.71 bits per heavy atom. The van der Waals surface area contributed by atoms with Crippen LogP contribution in [0.2, 0.25) is 5.02 Å². The summed E-state index contributed by atoms with van der Waals surface area (Å²) in [5.41, 5.74) is 4.96. The highest BCUT2D eigenvalue weighted by molar-refractivity contribution is 6.31. The van der Waals surface area contributed by atoms with Crippen molar-refractivity contribution in [2.45, 2.75) is 19.5 Å². The number of ether oxygens (including phenoxy) is 1. The number of alkyl halides is 3. The van der Waals surface area contributed by atoms with Gasteiger partial charge in [-0.2, -0.15) is 13.2 Å². The lowest BCUT2D eigenvalue weighted by Gasteiger charge is -2.13. The van der Waals surface area contributed by atoms with Gasteiger partial charge >= 0.3 is 6.18 Å². The molecule has 0 heterocycles. The molecule has 0 aliphatic carbocycles. The molecule has 0 aromatic heterocycles. The van der Waals surface area contributed by atoms with Crippen LogP contribution in [0.15, 0.2) is 36.4 Å². The molecule has 2 rings (SSSR count). The van der Waals surface area contributed by atoms with Crippen LogP contribution in [0.1, 0.15) is 18.1 Å². The molecule has 0 atom stereocenters. The molecule has 0 amide bonds. The summed E-state index contributed by atoms with van der Waals surface area (Å²) in [4.78, 5) is 0. The van der Waals surface area contributed by atoms with E-state index in [1.54, 1.807) is 18.2 Å². The maximum absolute atomic E-state index is 12.8. The Labute approximate surface area is 125 Å². The number of benzene rings is 2. The highest BCUT2D eigenvalue weighted by Gasteiger charge is 2.33. The Bertz CT molecular complexity index is 656. The van der Waals surface area contributed by atoms with E-state index in [-0.39, 0.29) is 11.4 Å². The van der Waals surface area contributed by atoms with E-state index in [1.807, 2.05) is 6.92 Å². The Kier molecular flexibility index (Phi) is 4.32. The largest absolute Gasteiger partial charge is 0.457 e. The summed E-state index contributed by atoms with van der Waals surface area (Å²) in [5, 5.41) is 0.595. The Morgan fingerprint density at radius 1 is 1.10 bits per heavy atom. The van der Waals surface area contributed by atoms with Crippen LogP contribution in [-0.4, -0.2) is 0 Å². The zero-order valence-corrected chi connectivity index (χ0v) is 11.9. The maximum atomic E-state index is 12.8. The summed E-state index contributed by atoms with van der Waals surface area (Å²) < 4.78 is 43.8. The molecular formula is C15H13ClF3NO. The van der Waals surface area contributed by atoms with Crippen LogP contribution in [0, 0.1) is 0 Å². The van der Waals surface area contributed by atoms with Crippen molar-refractivity contribution in [1.82, 2.24) is 0 Å². The van der Waals surface area contributed by atoms with E-state index in [4.69, 9.17) is 22.1 Å². The van der Waals surface area contributed by atoms with Crippen LogP contribution >= 0.6 is 11.6 Å². The molecule has 0 spiro atoms. The van der Waals surface area contributed by atoms with E-state index in [0.717, 1.165) is 11.6 Å². The third-order valence-electron chi connectivity index (χ3n) is 2.96. The molecule has 21 heavy (non-hydrogen) atoms. The minimum atomic E-state index is -4.52. The third-order valence-corrected chi connectivity index (χ3v) is 3.33. The van der Waals surface area contributed by atoms with Crippen LogP contribution < -0.4 is 10.5 Å². The van der Waals surface area contributed by atoms with E-state index < -0.39 is 11.7 Å². The van der Waals surface area contributed by atoms with Crippen molar-refractivity contribution < 1.29 is 17.9 Å². The molecule has 112 valence electrons. The Hall–Kier alpha value is -1.88. The molecule has 0 aliphatic heterocycles. The standard InChI is InChI=1S/C15H13ClF3NO/c1-2-9-7-10(3-5-13(9)16)21-11-4-6-14(20)12(8-11)15(17,18)19/h3-8H,2,20H2,1H3. The molecule has 2 nitrogen and oxygen atoms in total. The van der Waals surface area contributed by atoms with Gasteiger partial charge in [-0.1, -0.05) is 18.5 Å². The number of rotatable bonds is 3. The van der Waals surface area contributed by atoms with E-state index in [0.29, 0.717) is 17.2 Å². The molecule has 0 saturated carbocycles. The first kappa shape index (κ1) is 15.5. The SMILES string of the molecule is CCc1cc(Oc2ccc(N)c(C(F)(F)F)c2)ccc1Cl. The second-order valence-corrected chi connectivity index (χ2v) is 4.86. The Morgan fingerprint density at radius 3 is 2.33 bits per heavy atom. The first-order chi connectivity index (χ1) is 9.81. The predicted molar refractivity (Wildman–Crippen MR) is 76.8 cm³/mol. The van der Waals surface area contributed by atoms with Crippen molar-refractivity contribution in [2.75, 3.05) is 5.73 Å². The smallest absolute Gasteiger partial charge is 0.418 e. The van der Waals surface area contributed by atoms with Crippen LogP contribution in [0.4, 0.5) is 18.9 Å². The number of anilines is 1. The normalized spacial score (nSPS) is 11.5. The summed E-state index contributed by atoms with van der Waals surface area (Å²) in [6.07, 6.45) is -3.82. The van der Waals surface area contributed by atoms with Crippen molar-refractivity contribution in [3.8, 4) is 11.5 Å². The fourth-order valence-electron chi connectivity index (χ4n) is 1.87. The third kappa shape index (κ3) is 3.61. The van der Waals surface area contributed by atoms with Crippen molar-refractivity contribution in [3.63, 3.8) is 0 Å². The van der Waals surface area contributed by atoms with Gasteiger partial charge in [-0.25, -0.2) is 0 Å². The molecule has 0 bridgehead atoms. The maximum Gasteiger partial charge on any atom is 0.418 e. The zero-order chi connectivity index (χ0) is 15.6. The molecule has 6 heteroatoms. The molecule has 2 N–H and O–H groups in total. The molecule has 0 aliphatic rings. The summed E-state index contributed by atoms with van der Waals surface area (Å²) in [5.74, 6) is 0.495. The van der Waals surface area contributed by atoms with Gasteiger partial charge in [0.05, 0.1) is 5.56 Å². The van der Waals surface area contributed by atoms with Gasteiger partial charge in [-0.15, -0.1) is 0 Å². The van der Waals surface area contributed by atoms with Gasteiger partial charge in [-0.3, -0.25) is 0 Å². The number of hydrogen-bond donors (Lipinski definition) is 1. The summed E-state index contributed by atoms with van der Waals surface area (Å²) in [6, 6.07) is 8.41. The van der Waals surface area contributed by atoms with Gasteiger partial charge in [0.1, 0.15) is 11.5 Å². The molecule has 0 saturated heterocycles. The second kappa shape index (κ2) is 5.85. The number of halogens is 4. The monoisotopic (exact) mass is 315 g/mol. The van der Waals surface area contributed by atoms with E-state index in [9.17, 15) is 13.2 Å². The molecule has 0 radical (unpaired) electrons. The summed E-state index contributed by atoms with van der Waals surface area (Å²) in [6.45, 7) is 1.93. The van der Waals surface area contributed by atoms with Crippen LogP contribution in [-0.2, 0) is 12.6 Å². The van der Waals surface area contributed by atoms with E-state index in [1.165, 1.54) is 12.1 Å². The van der Waals surface area contributed by atoms with Crippen molar-refractivity contribution in [1.29, 1.82) is 0 Å². The van der Waals surface area contributed by atoms with Gasteiger partial charge in [-0.05, 0) is 48.4 Å². The number of hydrogen-bond acceptors (Lipinski definition) is 2. The molecule has 2 aromatic rings. The first-order valence-corrected chi connectivity index (χ1v) is 6.62. The predicted octanol–water partition coefficient (Wildman–Crippen LogP) is 5.30. The fourth-order valence-corrected chi connectivity index (χ4v) is 2.12. The van der Waals surface area contributed by atoms with Gasteiger partial charge in [0.25, 0.3) is 0 Å². The molecule has 0 unspecified atom stereocenters. The van der Waals surface area contributed by atoms with Crippen LogP contribution in [0.3, 0.4) is 0 Å². The quantitative estimate of drug-likeness (QED) is 0.780. The minimum absolute atomic E-state index is 0.0703. The van der Waals surface area contributed by atoms with Gasteiger partial charge < -0.3 is 10.5 Å². The molecule has 2 aromatic carbocycles. The van der Waals surface area contributed by atoms with Crippen molar-refractivity contribution in [2.24, 2.45) is 0 Å². The van der Waals surface area contributed by atoms with Crippen molar-refractivity contribution >= 4 is 17.3 Å². The highest BCUT2D eigenvalue weighted by Crippen LogP contribution is 2.37. The topological polar surface area (TPSA) is 35.2 Å². The summed E-state index contributed by atoms with van der Waals surface area (Å²) >= 11 is 5.98. The fraction of sp³-hybridized carbons (Fsp3) is 0.200. The number of aryl methyl sites for hydroxylation is 1. The zero-order valence-electron chi connectivity index (χ0n) is 11.2. The average molecular weight is 316 g/mol. The highest BCUT2D eigenvalue weighted by atomic mass is 35.5. The molecule has 0 fully saturated rings. The summed E-state index contributed by atoms with van der Waals surface area (Å²) in [7, 11) is 0. The Balaban J connectivity index is 2.32. The van der Waals surface area contributed by atoms with Crippen LogP contribution in [0.5, 0.6) is 11.5 Å². The van der Waals surface area contributed by atoms with Gasteiger partial charge in [0.15, 0.2) is 0 Å². The van der Waals surface area contributed by atoms with Gasteiger partial charge in [0.2, 0.25) is 0 Å². The average Bonchev–Trinajstić information content (AvgIpc) is 2.42. The second-order valence-electron chi connectivity index (χ2n) is 4.46. The van der Waals surface area contributed by atoms with E-state index >= 15 is 0 Å². The lowest BCUT2D eigenvalue weighted by Crippen LogP contribution is -2.08. The number of nitrogen functional groups attached to an aromatic ring is 1. The van der Waals surface area contributed by atoms with Crippen molar-refractivity contribution in [3.05, 3.63) is 52.5 Å².